The number of hydrogen-bond donors (Lipinski definition) is 2. The number of H-pyrrole nitrogens is 1. The van der Waals surface area contributed by atoms with Crippen LogP contribution in [-0.4, -0.2) is 34.8 Å². The molecule has 1 aromatic heterocycles. The van der Waals surface area contributed by atoms with E-state index in [4.69, 9.17) is 38.4 Å². The van der Waals surface area contributed by atoms with E-state index >= 15 is 0 Å². The van der Waals surface area contributed by atoms with E-state index in [9.17, 15) is 4.79 Å². The third-order valence-corrected chi connectivity index (χ3v) is 3.13. The molecule has 0 fully saturated rings. The molecule has 1 aromatic carbocycles. The number of halogens is 1. The normalized spacial score (nSPS) is 10.7. The lowest BCUT2D eigenvalue weighted by Gasteiger charge is -2.11. The Labute approximate surface area is 142 Å². The lowest BCUT2D eigenvalue weighted by Crippen LogP contribution is -2.10. The summed E-state index contributed by atoms with van der Waals surface area (Å²) >= 11 is 10.8. The molecule has 6 nitrogen and oxygen atoms in total. The first-order chi connectivity index (χ1) is 11.0. The summed E-state index contributed by atoms with van der Waals surface area (Å²) in [5.41, 5.74) is 1.20. The Bertz CT molecular complexity index is 804. The second-order valence-corrected chi connectivity index (χ2v) is 5.15. The Kier molecular flexibility index (Phi) is 5.72. The average Bonchev–Trinajstić information content (AvgIpc) is 2.50. The zero-order valence-corrected chi connectivity index (χ0v) is 13.6. The molecule has 0 aliphatic carbocycles. The maximum absolute atomic E-state index is 10.7. The summed E-state index contributed by atoms with van der Waals surface area (Å²) in [7, 11) is 1.48. The van der Waals surface area contributed by atoms with Gasteiger partial charge in [-0.1, -0.05) is 23.7 Å². The molecule has 2 N–H and O–H groups in total. The van der Waals surface area contributed by atoms with Crippen molar-refractivity contribution in [3.63, 3.8) is 0 Å². The Morgan fingerprint density at radius 2 is 2.26 bits per heavy atom. The van der Waals surface area contributed by atoms with Crippen LogP contribution in [0.2, 0.25) is 5.15 Å². The predicted octanol–water partition coefficient (Wildman–Crippen LogP) is 3.43. The van der Waals surface area contributed by atoms with Gasteiger partial charge in [0.05, 0.1) is 12.8 Å². The number of aliphatic carboxylic acids is 1. The van der Waals surface area contributed by atoms with Crippen LogP contribution < -0.4 is 9.47 Å². The summed E-state index contributed by atoms with van der Waals surface area (Å²) in [4.78, 5) is 17.5. The number of hydrogen-bond acceptors (Lipinski definition) is 5. The van der Waals surface area contributed by atoms with E-state index < -0.39 is 12.6 Å². The van der Waals surface area contributed by atoms with Crippen LogP contribution in [-0.2, 0) is 4.79 Å². The van der Waals surface area contributed by atoms with Gasteiger partial charge < -0.3 is 19.6 Å². The SMILES string of the molecule is COc1cccc(/C=C/c2cc(Cl)[nH]c(=S)n2)c1OCC(=O)O. The minimum absolute atomic E-state index is 0.269. The number of aromatic amines is 1. The van der Waals surface area contributed by atoms with E-state index in [2.05, 4.69) is 9.97 Å². The summed E-state index contributed by atoms with van der Waals surface area (Å²) in [5.74, 6) is -0.306. The number of aromatic nitrogens is 2. The van der Waals surface area contributed by atoms with E-state index in [0.717, 1.165) is 0 Å². The summed E-state index contributed by atoms with van der Waals surface area (Å²) in [6.07, 6.45) is 3.41. The van der Waals surface area contributed by atoms with Crippen molar-refractivity contribution in [2.24, 2.45) is 0 Å². The van der Waals surface area contributed by atoms with Crippen molar-refractivity contribution in [2.75, 3.05) is 13.7 Å². The first-order valence-electron chi connectivity index (χ1n) is 6.46. The van der Waals surface area contributed by atoms with Gasteiger partial charge in [0, 0.05) is 5.56 Å². The van der Waals surface area contributed by atoms with Crippen molar-refractivity contribution in [1.29, 1.82) is 0 Å². The molecule has 0 saturated carbocycles. The summed E-state index contributed by atoms with van der Waals surface area (Å²) in [6, 6.07) is 6.83. The first kappa shape index (κ1) is 17.0. The minimum atomic E-state index is -1.08. The smallest absolute Gasteiger partial charge is 0.341 e. The zero-order chi connectivity index (χ0) is 16.8. The van der Waals surface area contributed by atoms with Crippen LogP contribution in [0.4, 0.5) is 0 Å². The number of methoxy groups -OCH3 is 1. The number of para-hydroxylation sites is 1. The molecule has 0 spiro atoms. The number of ether oxygens (including phenoxy) is 2. The van der Waals surface area contributed by atoms with Gasteiger partial charge in [-0.05, 0) is 36.5 Å². The van der Waals surface area contributed by atoms with Crippen LogP contribution in [0.5, 0.6) is 11.5 Å². The highest BCUT2D eigenvalue weighted by atomic mass is 35.5. The fraction of sp³-hybridized carbons (Fsp3) is 0.133. The van der Waals surface area contributed by atoms with Gasteiger partial charge in [-0.25, -0.2) is 9.78 Å². The van der Waals surface area contributed by atoms with Gasteiger partial charge in [0.2, 0.25) is 0 Å². The van der Waals surface area contributed by atoms with Gasteiger partial charge in [0.25, 0.3) is 0 Å². The Hall–Kier alpha value is -2.38. The highest BCUT2D eigenvalue weighted by Gasteiger charge is 2.10. The standard InChI is InChI=1S/C15H13ClN2O4S/c1-21-11-4-2-3-9(14(11)22-8-13(19)20)5-6-10-7-12(16)18-15(23)17-10/h2-7H,8H2,1H3,(H,19,20)(H,17,18,23)/b6-5+. The number of nitrogens with zero attached hydrogens (tertiary/aromatic N) is 1. The van der Waals surface area contributed by atoms with Crippen LogP contribution in [0.1, 0.15) is 11.3 Å². The Morgan fingerprint density at radius 3 is 2.91 bits per heavy atom. The number of carboxylic acid groups (broad SMARTS) is 1. The number of benzene rings is 1. The van der Waals surface area contributed by atoms with Crippen molar-refractivity contribution in [3.8, 4) is 11.5 Å². The summed E-state index contributed by atoms with van der Waals surface area (Å²) in [5, 5.41) is 9.15. The lowest BCUT2D eigenvalue weighted by atomic mass is 10.1. The molecule has 0 aliphatic rings. The van der Waals surface area contributed by atoms with Crippen LogP contribution in [0.15, 0.2) is 24.3 Å². The van der Waals surface area contributed by atoms with Gasteiger partial charge in [-0.3, -0.25) is 0 Å². The molecule has 0 radical (unpaired) electrons. The Morgan fingerprint density at radius 1 is 1.48 bits per heavy atom. The van der Waals surface area contributed by atoms with Crippen LogP contribution >= 0.6 is 23.8 Å². The molecule has 0 aliphatic heterocycles. The number of carboxylic acids is 1. The van der Waals surface area contributed by atoms with E-state index in [-0.39, 0.29) is 4.77 Å². The monoisotopic (exact) mass is 352 g/mol. The summed E-state index contributed by atoms with van der Waals surface area (Å²) < 4.78 is 10.8. The molecular formula is C15H13ClN2O4S. The molecule has 0 unspecified atom stereocenters. The molecule has 2 rings (SSSR count). The molecule has 2 aromatic rings. The van der Waals surface area contributed by atoms with Gasteiger partial charge in [-0.15, -0.1) is 0 Å². The second-order valence-electron chi connectivity index (χ2n) is 4.35. The van der Waals surface area contributed by atoms with Crippen molar-refractivity contribution >= 4 is 41.9 Å². The van der Waals surface area contributed by atoms with E-state index in [1.54, 1.807) is 36.4 Å². The van der Waals surface area contributed by atoms with Crippen molar-refractivity contribution in [3.05, 3.63) is 45.4 Å². The summed E-state index contributed by atoms with van der Waals surface area (Å²) in [6.45, 7) is -0.470. The highest BCUT2D eigenvalue weighted by Crippen LogP contribution is 2.32. The van der Waals surface area contributed by atoms with Gasteiger partial charge in [-0.2, -0.15) is 0 Å². The quantitative estimate of drug-likeness (QED) is 0.612. The molecule has 0 amide bonds. The molecular weight excluding hydrogens is 340 g/mol. The minimum Gasteiger partial charge on any atom is -0.493 e. The molecule has 0 bridgehead atoms. The fourth-order valence-electron chi connectivity index (χ4n) is 1.82. The largest absolute Gasteiger partial charge is 0.493 e. The number of nitrogens with one attached hydrogen (secondary N) is 1. The lowest BCUT2D eigenvalue weighted by molar-refractivity contribution is -0.139. The molecule has 120 valence electrons. The molecule has 0 saturated heterocycles. The molecule has 23 heavy (non-hydrogen) atoms. The predicted molar refractivity (Wildman–Crippen MR) is 89.5 cm³/mol. The molecule has 0 atom stereocenters. The zero-order valence-electron chi connectivity index (χ0n) is 12.1. The third-order valence-electron chi connectivity index (χ3n) is 2.73. The molecule has 8 heteroatoms. The van der Waals surface area contributed by atoms with Crippen molar-refractivity contribution in [2.45, 2.75) is 0 Å². The average molecular weight is 353 g/mol. The second kappa shape index (κ2) is 7.75. The Balaban J connectivity index is 2.36. The van der Waals surface area contributed by atoms with E-state index in [0.29, 0.717) is 27.9 Å². The highest BCUT2D eigenvalue weighted by molar-refractivity contribution is 7.71. The van der Waals surface area contributed by atoms with Crippen LogP contribution in [0.3, 0.4) is 0 Å². The van der Waals surface area contributed by atoms with E-state index in [1.807, 2.05) is 0 Å². The number of carbonyl (C=O) groups is 1. The van der Waals surface area contributed by atoms with E-state index in [1.165, 1.54) is 7.11 Å². The fourth-order valence-corrected chi connectivity index (χ4v) is 2.29. The van der Waals surface area contributed by atoms with Crippen molar-refractivity contribution in [1.82, 2.24) is 9.97 Å². The maximum atomic E-state index is 10.7. The van der Waals surface area contributed by atoms with Gasteiger partial charge in [0.1, 0.15) is 5.15 Å². The van der Waals surface area contributed by atoms with Gasteiger partial charge >= 0.3 is 5.97 Å². The first-order valence-corrected chi connectivity index (χ1v) is 7.25. The molecule has 1 heterocycles. The van der Waals surface area contributed by atoms with Gasteiger partial charge in [0.15, 0.2) is 22.9 Å². The third kappa shape index (κ3) is 4.80. The maximum Gasteiger partial charge on any atom is 0.341 e. The van der Waals surface area contributed by atoms with Crippen LogP contribution in [0, 0.1) is 4.77 Å². The topological polar surface area (TPSA) is 84.4 Å². The number of rotatable bonds is 6. The van der Waals surface area contributed by atoms with Crippen molar-refractivity contribution < 1.29 is 19.4 Å². The van der Waals surface area contributed by atoms with Crippen LogP contribution in [0.25, 0.3) is 12.2 Å².